The number of nitrogens with zero attached hydrogens (tertiary/aromatic N) is 1. The number of benzene rings is 1. The van der Waals surface area contributed by atoms with Gasteiger partial charge in [0.15, 0.2) is 24.4 Å². The molecule has 1 atom stereocenters. The number of aldehydes is 1. The van der Waals surface area contributed by atoms with E-state index in [0.29, 0.717) is 24.2 Å². The Kier molecular flexibility index (Phi) is 7.22. The van der Waals surface area contributed by atoms with Gasteiger partial charge in [0.1, 0.15) is 12.2 Å². The number of ether oxygens (including phenoxy) is 3. The second-order valence-electron chi connectivity index (χ2n) is 6.79. The van der Waals surface area contributed by atoms with E-state index in [-0.39, 0.29) is 18.4 Å². The summed E-state index contributed by atoms with van der Waals surface area (Å²) < 4.78 is 16.5. The van der Waals surface area contributed by atoms with Gasteiger partial charge in [-0.15, -0.1) is 0 Å². The first-order valence-corrected chi connectivity index (χ1v) is 7.86. The Morgan fingerprint density at radius 3 is 2.46 bits per heavy atom. The monoisotopic (exact) mass is 337 g/mol. The van der Waals surface area contributed by atoms with Crippen LogP contribution in [0.4, 0.5) is 0 Å². The number of hydrogen-bond acceptors (Lipinski definition) is 6. The summed E-state index contributed by atoms with van der Waals surface area (Å²) in [6, 6.07) is 5.21. The normalized spacial score (nSPS) is 12.6. The fraction of sp³-hybridized carbons (Fsp3) is 0.556. The fourth-order valence-electron chi connectivity index (χ4n) is 1.76. The second-order valence-corrected chi connectivity index (χ2v) is 6.79. The summed E-state index contributed by atoms with van der Waals surface area (Å²) in [7, 11) is 3.91. The maximum Gasteiger partial charge on any atom is 0.344 e. The number of carbonyl (C=O) groups excluding carboxylic acids is 2. The average molecular weight is 337 g/mol. The first-order chi connectivity index (χ1) is 11.1. The molecule has 0 spiro atoms. The van der Waals surface area contributed by atoms with Crippen LogP contribution in [-0.2, 0) is 9.53 Å². The Balaban J connectivity index is 2.83. The van der Waals surface area contributed by atoms with Crippen LogP contribution >= 0.6 is 0 Å². The Labute approximate surface area is 143 Å². The zero-order valence-electron chi connectivity index (χ0n) is 15.3. The zero-order chi connectivity index (χ0) is 18.3. The molecular formula is C18H27NO5. The van der Waals surface area contributed by atoms with Crippen molar-refractivity contribution in [3.63, 3.8) is 0 Å². The van der Waals surface area contributed by atoms with Crippen molar-refractivity contribution in [1.29, 1.82) is 0 Å². The number of hydrogen-bond donors (Lipinski definition) is 0. The van der Waals surface area contributed by atoms with Crippen molar-refractivity contribution in [2.45, 2.75) is 39.3 Å². The molecule has 0 saturated carbocycles. The van der Waals surface area contributed by atoms with Gasteiger partial charge < -0.3 is 19.1 Å². The number of rotatable bonds is 8. The molecule has 0 bridgehead atoms. The van der Waals surface area contributed by atoms with E-state index in [4.69, 9.17) is 14.2 Å². The van der Waals surface area contributed by atoms with Gasteiger partial charge in [0.05, 0.1) is 5.56 Å². The van der Waals surface area contributed by atoms with Crippen molar-refractivity contribution < 1.29 is 23.8 Å². The third-order valence-corrected chi connectivity index (χ3v) is 3.25. The van der Waals surface area contributed by atoms with Gasteiger partial charge in [-0.1, -0.05) is 6.07 Å². The zero-order valence-corrected chi connectivity index (χ0v) is 15.3. The third kappa shape index (κ3) is 6.58. The van der Waals surface area contributed by atoms with Crippen LogP contribution in [0.25, 0.3) is 0 Å². The Morgan fingerprint density at radius 2 is 1.92 bits per heavy atom. The van der Waals surface area contributed by atoms with E-state index < -0.39 is 11.6 Å². The van der Waals surface area contributed by atoms with Gasteiger partial charge in [-0.2, -0.15) is 0 Å². The first-order valence-electron chi connectivity index (χ1n) is 7.86. The van der Waals surface area contributed by atoms with Gasteiger partial charge in [0.2, 0.25) is 0 Å². The molecule has 0 amide bonds. The lowest BCUT2D eigenvalue weighted by Gasteiger charge is -2.22. The van der Waals surface area contributed by atoms with Crippen molar-refractivity contribution in [2.75, 3.05) is 27.3 Å². The SMILES string of the molecule is CC(COc1cccc(C=O)c1OCC(=O)OC(C)(C)C)N(C)C. The minimum Gasteiger partial charge on any atom is -0.488 e. The molecule has 1 unspecified atom stereocenters. The maximum atomic E-state index is 11.8. The first kappa shape index (κ1) is 20.0. The molecule has 134 valence electrons. The second kappa shape index (κ2) is 8.68. The van der Waals surface area contributed by atoms with E-state index in [0.717, 1.165) is 0 Å². The Bertz CT molecular complexity index is 563. The minimum absolute atomic E-state index is 0.184. The van der Waals surface area contributed by atoms with Gasteiger partial charge in [0.25, 0.3) is 0 Å². The summed E-state index contributed by atoms with van der Waals surface area (Å²) in [5.74, 6) is 0.178. The molecule has 0 heterocycles. The molecule has 1 rings (SSSR count). The van der Waals surface area contributed by atoms with Crippen molar-refractivity contribution in [3.8, 4) is 11.5 Å². The van der Waals surface area contributed by atoms with Crippen molar-refractivity contribution >= 4 is 12.3 Å². The van der Waals surface area contributed by atoms with Gasteiger partial charge in [0, 0.05) is 6.04 Å². The van der Waals surface area contributed by atoms with Gasteiger partial charge >= 0.3 is 5.97 Å². The highest BCUT2D eigenvalue weighted by atomic mass is 16.6. The lowest BCUT2D eigenvalue weighted by Crippen LogP contribution is -2.30. The van der Waals surface area contributed by atoms with E-state index in [2.05, 4.69) is 0 Å². The van der Waals surface area contributed by atoms with E-state index in [1.54, 1.807) is 39.0 Å². The lowest BCUT2D eigenvalue weighted by molar-refractivity contribution is -0.157. The van der Waals surface area contributed by atoms with Crippen LogP contribution in [0.3, 0.4) is 0 Å². The Morgan fingerprint density at radius 1 is 1.25 bits per heavy atom. The van der Waals surface area contributed by atoms with Crippen molar-refractivity contribution in [2.24, 2.45) is 0 Å². The third-order valence-electron chi connectivity index (χ3n) is 3.25. The molecule has 0 fully saturated rings. The molecule has 0 N–H and O–H groups in total. The smallest absolute Gasteiger partial charge is 0.344 e. The van der Waals surface area contributed by atoms with Crippen LogP contribution in [0.5, 0.6) is 11.5 Å². The van der Waals surface area contributed by atoms with Gasteiger partial charge in [-0.05, 0) is 53.9 Å². The summed E-state index contributed by atoms with van der Waals surface area (Å²) in [6.45, 7) is 7.50. The van der Waals surface area contributed by atoms with E-state index in [9.17, 15) is 9.59 Å². The molecule has 1 aromatic carbocycles. The minimum atomic E-state index is -0.592. The molecule has 1 aromatic rings. The molecule has 0 radical (unpaired) electrons. The van der Waals surface area contributed by atoms with Crippen LogP contribution in [0.15, 0.2) is 18.2 Å². The van der Waals surface area contributed by atoms with E-state index in [1.807, 2.05) is 25.9 Å². The van der Waals surface area contributed by atoms with Gasteiger partial charge in [-0.25, -0.2) is 4.79 Å². The summed E-state index contributed by atoms with van der Waals surface area (Å²) in [5, 5.41) is 0. The predicted octanol–water partition coefficient (Wildman–Crippen LogP) is 2.55. The Hall–Kier alpha value is -2.08. The standard InChI is InChI=1S/C18H27NO5/c1-13(19(5)6)11-22-15-9-7-8-14(10-20)17(15)23-12-16(21)24-18(2,3)4/h7-10,13H,11-12H2,1-6H3. The van der Waals surface area contributed by atoms with Crippen LogP contribution < -0.4 is 9.47 Å². The molecule has 0 aliphatic rings. The van der Waals surface area contributed by atoms with Crippen LogP contribution in [0, 0.1) is 0 Å². The molecular weight excluding hydrogens is 310 g/mol. The fourth-order valence-corrected chi connectivity index (χ4v) is 1.76. The van der Waals surface area contributed by atoms with E-state index in [1.165, 1.54) is 0 Å². The van der Waals surface area contributed by atoms with Crippen LogP contribution in [0.2, 0.25) is 0 Å². The summed E-state index contributed by atoms with van der Waals surface area (Å²) in [5.41, 5.74) is -0.265. The number of esters is 1. The highest BCUT2D eigenvalue weighted by Crippen LogP contribution is 2.30. The average Bonchev–Trinajstić information content (AvgIpc) is 2.48. The predicted molar refractivity (Wildman–Crippen MR) is 91.8 cm³/mol. The van der Waals surface area contributed by atoms with Crippen LogP contribution in [-0.4, -0.2) is 56.1 Å². The summed E-state index contributed by atoms with van der Waals surface area (Å²) >= 11 is 0. The molecule has 0 aliphatic carbocycles. The number of carbonyl (C=O) groups is 2. The highest BCUT2D eigenvalue weighted by Gasteiger charge is 2.19. The summed E-state index contributed by atoms with van der Waals surface area (Å²) in [4.78, 5) is 25.1. The van der Waals surface area contributed by atoms with E-state index >= 15 is 0 Å². The number of para-hydroxylation sites is 1. The molecule has 24 heavy (non-hydrogen) atoms. The van der Waals surface area contributed by atoms with Crippen molar-refractivity contribution in [1.82, 2.24) is 4.90 Å². The highest BCUT2D eigenvalue weighted by molar-refractivity contribution is 5.81. The lowest BCUT2D eigenvalue weighted by atomic mass is 10.2. The molecule has 6 nitrogen and oxygen atoms in total. The summed E-state index contributed by atoms with van der Waals surface area (Å²) in [6.07, 6.45) is 0.673. The molecule has 0 saturated heterocycles. The topological polar surface area (TPSA) is 65.1 Å². The molecule has 6 heteroatoms. The molecule has 0 aromatic heterocycles. The number of likely N-dealkylation sites (N-methyl/N-ethyl adjacent to an activating group) is 1. The quantitative estimate of drug-likeness (QED) is 0.536. The van der Waals surface area contributed by atoms with Crippen LogP contribution in [0.1, 0.15) is 38.1 Å². The largest absolute Gasteiger partial charge is 0.488 e. The van der Waals surface area contributed by atoms with Gasteiger partial charge in [-0.3, -0.25) is 4.79 Å². The molecule has 0 aliphatic heterocycles. The maximum absolute atomic E-state index is 11.8. The van der Waals surface area contributed by atoms with Crippen molar-refractivity contribution in [3.05, 3.63) is 23.8 Å².